The SMILES string of the molecule is Cc1cc(Cl)ccc1OCCCNC(=O)c1cc(N)ccc1C. The fourth-order valence-corrected chi connectivity index (χ4v) is 2.44. The van der Waals surface area contributed by atoms with Crippen LogP contribution in [0.15, 0.2) is 36.4 Å². The Morgan fingerprint density at radius 2 is 1.96 bits per heavy atom. The fraction of sp³-hybridized carbons (Fsp3) is 0.278. The van der Waals surface area contributed by atoms with Gasteiger partial charge in [-0.15, -0.1) is 0 Å². The second-order valence-electron chi connectivity index (χ2n) is 5.44. The summed E-state index contributed by atoms with van der Waals surface area (Å²) in [5, 5.41) is 3.58. The number of carbonyl (C=O) groups is 1. The van der Waals surface area contributed by atoms with Gasteiger partial charge in [-0.3, -0.25) is 4.79 Å². The van der Waals surface area contributed by atoms with Gasteiger partial charge in [-0.2, -0.15) is 0 Å². The molecule has 3 N–H and O–H groups in total. The van der Waals surface area contributed by atoms with Crippen LogP contribution in [0.2, 0.25) is 5.02 Å². The molecule has 0 saturated carbocycles. The second-order valence-corrected chi connectivity index (χ2v) is 5.88. The van der Waals surface area contributed by atoms with Gasteiger partial charge in [0.1, 0.15) is 5.75 Å². The molecule has 2 rings (SSSR count). The van der Waals surface area contributed by atoms with Crippen LogP contribution >= 0.6 is 11.6 Å². The van der Waals surface area contributed by atoms with Crippen molar-refractivity contribution in [3.8, 4) is 5.75 Å². The molecule has 23 heavy (non-hydrogen) atoms. The van der Waals surface area contributed by atoms with Gasteiger partial charge in [0.15, 0.2) is 0 Å². The Hall–Kier alpha value is -2.20. The highest BCUT2D eigenvalue weighted by molar-refractivity contribution is 6.30. The molecule has 0 bridgehead atoms. The number of rotatable bonds is 6. The summed E-state index contributed by atoms with van der Waals surface area (Å²) < 4.78 is 5.69. The molecule has 0 saturated heterocycles. The molecule has 0 aliphatic rings. The maximum Gasteiger partial charge on any atom is 0.251 e. The zero-order valence-corrected chi connectivity index (χ0v) is 14.1. The standard InChI is InChI=1S/C18H21ClN2O2/c1-12-4-6-15(20)11-16(12)18(22)21-8-3-9-23-17-7-5-14(19)10-13(17)2/h4-7,10-11H,3,8-9,20H2,1-2H3,(H,21,22). The number of anilines is 1. The summed E-state index contributed by atoms with van der Waals surface area (Å²) >= 11 is 5.91. The molecule has 2 aromatic carbocycles. The first kappa shape index (κ1) is 17.2. The van der Waals surface area contributed by atoms with Crippen LogP contribution in [-0.4, -0.2) is 19.1 Å². The van der Waals surface area contributed by atoms with Gasteiger partial charge in [0.25, 0.3) is 5.91 Å². The third-order valence-corrected chi connectivity index (χ3v) is 3.74. The zero-order valence-electron chi connectivity index (χ0n) is 13.4. The number of hydrogen-bond acceptors (Lipinski definition) is 3. The number of nitrogen functional groups attached to an aromatic ring is 1. The molecule has 0 radical (unpaired) electrons. The van der Waals surface area contributed by atoms with E-state index in [-0.39, 0.29) is 5.91 Å². The van der Waals surface area contributed by atoms with Gasteiger partial charge in [-0.25, -0.2) is 0 Å². The van der Waals surface area contributed by atoms with E-state index in [1.54, 1.807) is 18.2 Å². The molecule has 0 atom stereocenters. The second kappa shape index (κ2) is 7.88. The summed E-state index contributed by atoms with van der Waals surface area (Å²) in [4.78, 5) is 12.1. The number of aryl methyl sites for hydroxylation is 2. The van der Waals surface area contributed by atoms with E-state index in [1.807, 2.05) is 32.0 Å². The van der Waals surface area contributed by atoms with E-state index in [1.165, 1.54) is 0 Å². The van der Waals surface area contributed by atoms with Crippen molar-refractivity contribution in [1.29, 1.82) is 0 Å². The number of amides is 1. The molecule has 0 fully saturated rings. The van der Waals surface area contributed by atoms with E-state index in [2.05, 4.69) is 5.32 Å². The summed E-state index contributed by atoms with van der Waals surface area (Å²) in [7, 11) is 0. The normalized spacial score (nSPS) is 10.4. The van der Waals surface area contributed by atoms with Crippen LogP contribution in [0.4, 0.5) is 5.69 Å². The van der Waals surface area contributed by atoms with E-state index >= 15 is 0 Å². The van der Waals surface area contributed by atoms with Crippen LogP contribution < -0.4 is 15.8 Å². The molecule has 1 amide bonds. The molecule has 0 aliphatic heterocycles. The van der Waals surface area contributed by atoms with Crippen molar-refractivity contribution < 1.29 is 9.53 Å². The number of nitrogens with two attached hydrogens (primary N) is 1. The van der Waals surface area contributed by atoms with Gasteiger partial charge < -0.3 is 15.8 Å². The van der Waals surface area contributed by atoms with E-state index in [4.69, 9.17) is 22.1 Å². The molecular formula is C18H21ClN2O2. The lowest BCUT2D eigenvalue weighted by Crippen LogP contribution is -2.26. The summed E-state index contributed by atoms with van der Waals surface area (Å²) in [6.07, 6.45) is 0.717. The van der Waals surface area contributed by atoms with Gasteiger partial charge in [0.05, 0.1) is 6.61 Å². The van der Waals surface area contributed by atoms with Gasteiger partial charge in [-0.1, -0.05) is 17.7 Å². The summed E-state index contributed by atoms with van der Waals surface area (Å²) in [6.45, 7) is 4.91. The molecule has 4 nitrogen and oxygen atoms in total. The Morgan fingerprint density at radius 3 is 2.70 bits per heavy atom. The predicted molar refractivity (Wildman–Crippen MR) is 94.2 cm³/mol. The zero-order chi connectivity index (χ0) is 16.8. The van der Waals surface area contributed by atoms with Gasteiger partial charge >= 0.3 is 0 Å². The molecule has 122 valence electrons. The number of nitrogens with one attached hydrogen (secondary N) is 1. The topological polar surface area (TPSA) is 64.3 Å². The average molecular weight is 333 g/mol. The van der Waals surface area contributed by atoms with Crippen molar-refractivity contribution in [2.75, 3.05) is 18.9 Å². The molecule has 0 heterocycles. The molecule has 0 aromatic heterocycles. The lowest BCUT2D eigenvalue weighted by atomic mass is 10.1. The minimum absolute atomic E-state index is 0.113. The van der Waals surface area contributed by atoms with Gasteiger partial charge in [0.2, 0.25) is 0 Å². The van der Waals surface area contributed by atoms with Crippen molar-refractivity contribution in [1.82, 2.24) is 5.32 Å². The third-order valence-electron chi connectivity index (χ3n) is 3.51. The monoisotopic (exact) mass is 332 g/mol. The molecular weight excluding hydrogens is 312 g/mol. The quantitative estimate of drug-likeness (QED) is 0.625. The van der Waals surface area contributed by atoms with Crippen LogP contribution in [0, 0.1) is 13.8 Å². The Bertz CT molecular complexity index is 701. The van der Waals surface area contributed by atoms with E-state index in [0.717, 1.165) is 23.3 Å². The minimum atomic E-state index is -0.113. The lowest BCUT2D eigenvalue weighted by molar-refractivity contribution is 0.0951. The van der Waals surface area contributed by atoms with Crippen LogP contribution in [0.3, 0.4) is 0 Å². The van der Waals surface area contributed by atoms with Gasteiger partial charge in [0, 0.05) is 22.8 Å². The first-order chi connectivity index (χ1) is 11.0. The Labute approximate surface area is 141 Å². The van der Waals surface area contributed by atoms with Crippen molar-refractivity contribution in [2.45, 2.75) is 20.3 Å². The third kappa shape index (κ3) is 4.89. The molecule has 0 aliphatic carbocycles. The molecule has 2 aromatic rings. The van der Waals surface area contributed by atoms with Crippen molar-refractivity contribution in [2.24, 2.45) is 0 Å². The Balaban J connectivity index is 1.77. The maximum atomic E-state index is 12.1. The highest BCUT2D eigenvalue weighted by Gasteiger charge is 2.08. The van der Waals surface area contributed by atoms with Crippen LogP contribution in [0.5, 0.6) is 5.75 Å². The van der Waals surface area contributed by atoms with E-state index in [0.29, 0.717) is 29.4 Å². The summed E-state index contributed by atoms with van der Waals surface area (Å²) in [6, 6.07) is 10.8. The van der Waals surface area contributed by atoms with Gasteiger partial charge in [-0.05, 0) is 61.7 Å². The Kier molecular flexibility index (Phi) is 5.88. The fourth-order valence-electron chi connectivity index (χ4n) is 2.21. The lowest BCUT2D eigenvalue weighted by Gasteiger charge is -2.11. The van der Waals surface area contributed by atoms with Crippen molar-refractivity contribution in [3.63, 3.8) is 0 Å². The first-order valence-electron chi connectivity index (χ1n) is 7.50. The largest absolute Gasteiger partial charge is 0.493 e. The summed E-state index contributed by atoms with van der Waals surface area (Å²) in [5.41, 5.74) is 8.82. The maximum absolute atomic E-state index is 12.1. The number of ether oxygens (including phenoxy) is 1. The number of halogens is 1. The van der Waals surface area contributed by atoms with Crippen molar-refractivity contribution in [3.05, 3.63) is 58.1 Å². The highest BCUT2D eigenvalue weighted by atomic mass is 35.5. The van der Waals surface area contributed by atoms with E-state index in [9.17, 15) is 4.79 Å². The van der Waals surface area contributed by atoms with Crippen molar-refractivity contribution >= 4 is 23.2 Å². The number of hydrogen-bond donors (Lipinski definition) is 2. The number of carbonyl (C=O) groups excluding carboxylic acids is 1. The molecule has 0 spiro atoms. The molecule has 0 unspecified atom stereocenters. The van der Waals surface area contributed by atoms with Crippen LogP contribution in [0.25, 0.3) is 0 Å². The predicted octanol–water partition coefficient (Wildman–Crippen LogP) is 3.74. The smallest absolute Gasteiger partial charge is 0.251 e. The Morgan fingerprint density at radius 1 is 1.17 bits per heavy atom. The highest BCUT2D eigenvalue weighted by Crippen LogP contribution is 2.21. The van der Waals surface area contributed by atoms with Crippen LogP contribution in [0.1, 0.15) is 27.9 Å². The minimum Gasteiger partial charge on any atom is -0.493 e. The summed E-state index contributed by atoms with van der Waals surface area (Å²) in [5.74, 6) is 0.699. The van der Waals surface area contributed by atoms with Crippen LogP contribution in [-0.2, 0) is 0 Å². The first-order valence-corrected chi connectivity index (χ1v) is 7.88. The van der Waals surface area contributed by atoms with E-state index < -0.39 is 0 Å². The number of benzene rings is 2. The molecule has 5 heteroatoms. The average Bonchev–Trinajstić information content (AvgIpc) is 2.51.